The topological polar surface area (TPSA) is 69.8 Å². The minimum absolute atomic E-state index is 0.0169. The molecule has 2 heterocycles. The van der Waals surface area contributed by atoms with E-state index < -0.39 is 18.5 Å². The van der Waals surface area contributed by atoms with Crippen LogP contribution in [0.25, 0.3) is 0 Å². The molecule has 1 amide bonds. The molecule has 2 rings (SSSR count). The molecule has 0 bridgehead atoms. The number of nitrogens with one attached hydrogen (secondary N) is 3. The Morgan fingerprint density at radius 2 is 1.94 bits per heavy atom. The van der Waals surface area contributed by atoms with Crippen molar-refractivity contribution in [1.29, 1.82) is 0 Å². The third-order valence-electron chi connectivity index (χ3n) is 2.05. The molecule has 0 atom stereocenters. The highest BCUT2D eigenvalue weighted by molar-refractivity contribution is 5.97. The third-order valence-corrected chi connectivity index (χ3v) is 2.05. The van der Waals surface area contributed by atoms with Crippen molar-refractivity contribution in [3.05, 3.63) is 11.5 Å². The monoisotopic (exact) mass is 234 g/mol. The number of carbonyl (C=O) groups excluding carboxylic acids is 1. The molecule has 0 aliphatic carbocycles. The molecule has 0 aromatic carbocycles. The van der Waals surface area contributed by atoms with Crippen molar-refractivity contribution in [2.24, 2.45) is 0 Å². The van der Waals surface area contributed by atoms with E-state index in [-0.39, 0.29) is 17.3 Å². The smallest absolute Gasteiger partial charge is 0.368 e. The van der Waals surface area contributed by atoms with Crippen LogP contribution in [-0.2, 0) is 6.42 Å². The molecule has 0 spiro atoms. The maximum absolute atomic E-state index is 12.1. The van der Waals surface area contributed by atoms with Crippen LogP contribution in [0.5, 0.6) is 0 Å². The zero-order chi connectivity index (χ0) is 11.8. The van der Waals surface area contributed by atoms with E-state index in [9.17, 15) is 18.0 Å². The molecule has 1 aromatic heterocycles. The summed E-state index contributed by atoms with van der Waals surface area (Å²) in [6, 6.07) is 0. The Morgan fingerprint density at radius 1 is 1.25 bits per heavy atom. The molecular weight excluding hydrogens is 225 g/mol. The van der Waals surface area contributed by atoms with E-state index in [1.165, 1.54) is 0 Å². The molecule has 5 nitrogen and oxygen atoms in total. The number of H-pyrrole nitrogens is 1. The van der Waals surface area contributed by atoms with Crippen molar-refractivity contribution in [3.8, 4) is 0 Å². The van der Waals surface area contributed by atoms with Crippen LogP contribution in [0.15, 0.2) is 0 Å². The number of halogens is 3. The second-order valence-corrected chi connectivity index (χ2v) is 3.38. The molecule has 8 heteroatoms. The van der Waals surface area contributed by atoms with Crippen molar-refractivity contribution >= 4 is 11.7 Å². The summed E-state index contributed by atoms with van der Waals surface area (Å²) in [5.74, 6) is -0.485. The summed E-state index contributed by atoms with van der Waals surface area (Å²) in [7, 11) is 0. The van der Waals surface area contributed by atoms with Crippen molar-refractivity contribution in [3.63, 3.8) is 0 Å². The van der Waals surface area contributed by atoms with Crippen molar-refractivity contribution < 1.29 is 18.0 Å². The Bertz CT molecular complexity index is 412. The minimum atomic E-state index is -4.34. The number of nitrogens with zero attached hydrogens (tertiary/aromatic N) is 1. The number of imidazole rings is 1. The van der Waals surface area contributed by atoms with Gasteiger partial charge in [0.05, 0.1) is 0 Å². The van der Waals surface area contributed by atoms with Gasteiger partial charge in [-0.2, -0.15) is 13.2 Å². The molecule has 1 aliphatic heterocycles. The van der Waals surface area contributed by atoms with E-state index in [0.29, 0.717) is 13.1 Å². The molecule has 0 fully saturated rings. The average molecular weight is 234 g/mol. The minimum Gasteiger partial charge on any atom is -0.368 e. The molecule has 0 radical (unpaired) electrons. The summed E-state index contributed by atoms with van der Waals surface area (Å²) < 4.78 is 36.3. The number of hydrogen-bond acceptors (Lipinski definition) is 3. The van der Waals surface area contributed by atoms with Gasteiger partial charge in [-0.3, -0.25) is 4.79 Å². The summed E-state index contributed by atoms with van der Waals surface area (Å²) in [6.45, 7) is 0.865. The van der Waals surface area contributed by atoms with Gasteiger partial charge in [0.2, 0.25) is 0 Å². The lowest BCUT2D eigenvalue weighted by molar-refractivity contribution is -0.128. The van der Waals surface area contributed by atoms with Crippen LogP contribution in [0, 0.1) is 0 Å². The molecule has 0 unspecified atom stereocenters. The third kappa shape index (κ3) is 2.26. The van der Waals surface area contributed by atoms with Crippen LogP contribution >= 0.6 is 0 Å². The summed E-state index contributed by atoms with van der Waals surface area (Å²) in [5, 5.41) is 5.30. The van der Waals surface area contributed by atoms with Crippen LogP contribution in [0.3, 0.4) is 0 Å². The zero-order valence-electron chi connectivity index (χ0n) is 8.11. The summed E-state index contributed by atoms with van der Waals surface area (Å²) in [4.78, 5) is 17.5. The maximum Gasteiger partial charge on any atom is 0.396 e. The first-order chi connectivity index (χ1) is 7.46. The fraction of sp³-hybridized carbons (Fsp3) is 0.500. The first-order valence-corrected chi connectivity index (χ1v) is 4.63. The van der Waals surface area contributed by atoms with Gasteiger partial charge in [0.25, 0.3) is 5.91 Å². The summed E-state index contributed by atoms with van der Waals surface area (Å²) in [6.07, 6.45) is -5.51. The lowest BCUT2D eigenvalue weighted by Crippen LogP contribution is -2.25. The van der Waals surface area contributed by atoms with Gasteiger partial charge in [-0.1, -0.05) is 0 Å². The molecule has 1 aliphatic rings. The first-order valence-electron chi connectivity index (χ1n) is 4.63. The Balaban J connectivity index is 2.26. The van der Waals surface area contributed by atoms with Gasteiger partial charge < -0.3 is 15.6 Å². The van der Waals surface area contributed by atoms with Gasteiger partial charge in [-0.15, -0.1) is 0 Å². The quantitative estimate of drug-likeness (QED) is 0.668. The maximum atomic E-state index is 12.1. The van der Waals surface area contributed by atoms with E-state index in [1.807, 2.05) is 0 Å². The van der Waals surface area contributed by atoms with Crippen LogP contribution in [0.1, 0.15) is 16.3 Å². The van der Waals surface area contributed by atoms with Crippen LogP contribution < -0.4 is 10.6 Å². The predicted molar refractivity (Wildman–Crippen MR) is 49.2 cm³/mol. The normalized spacial score (nSPS) is 16.1. The van der Waals surface area contributed by atoms with Crippen molar-refractivity contribution in [2.45, 2.75) is 12.6 Å². The Hall–Kier alpha value is -1.73. The predicted octanol–water partition coefficient (Wildman–Crippen LogP) is 0.670. The molecule has 1 aromatic rings. The van der Waals surface area contributed by atoms with E-state index in [1.54, 1.807) is 0 Å². The highest BCUT2D eigenvalue weighted by Crippen LogP contribution is 2.22. The number of carbonyl (C=O) groups is 1. The SMILES string of the molecule is O=C1NCCNc2[nH]c(CC(F)(F)F)nc21. The molecule has 16 heavy (non-hydrogen) atoms. The van der Waals surface area contributed by atoms with Gasteiger partial charge >= 0.3 is 6.18 Å². The van der Waals surface area contributed by atoms with Gasteiger partial charge in [0.1, 0.15) is 18.1 Å². The lowest BCUT2D eigenvalue weighted by Gasteiger charge is -2.03. The second-order valence-electron chi connectivity index (χ2n) is 3.38. The van der Waals surface area contributed by atoms with Crippen molar-refractivity contribution in [1.82, 2.24) is 15.3 Å². The zero-order valence-corrected chi connectivity index (χ0v) is 8.11. The van der Waals surface area contributed by atoms with Gasteiger partial charge in [-0.05, 0) is 0 Å². The number of anilines is 1. The number of aromatic amines is 1. The first kappa shape index (κ1) is 10.8. The standard InChI is InChI=1S/C8H9F3N4O/c9-8(10,11)3-4-14-5-6(15-4)12-1-2-13-7(5)16/h12H,1-3H2,(H,13,16)(H,14,15). The second kappa shape index (κ2) is 3.69. The highest BCUT2D eigenvalue weighted by atomic mass is 19.4. The Kier molecular flexibility index (Phi) is 2.49. The molecule has 3 N–H and O–H groups in total. The molecular formula is C8H9F3N4O. The van der Waals surface area contributed by atoms with Crippen LogP contribution in [0.2, 0.25) is 0 Å². The van der Waals surface area contributed by atoms with E-state index in [2.05, 4.69) is 20.6 Å². The summed E-state index contributed by atoms with van der Waals surface area (Å²) in [5.41, 5.74) is -0.0169. The van der Waals surface area contributed by atoms with Crippen molar-refractivity contribution in [2.75, 3.05) is 18.4 Å². The van der Waals surface area contributed by atoms with E-state index in [4.69, 9.17) is 0 Å². The Morgan fingerprint density at radius 3 is 2.62 bits per heavy atom. The fourth-order valence-electron chi connectivity index (χ4n) is 1.44. The molecule has 88 valence electrons. The van der Waals surface area contributed by atoms with Crippen LogP contribution in [-0.4, -0.2) is 35.1 Å². The van der Waals surface area contributed by atoms with Crippen LogP contribution in [0.4, 0.5) is 19.0 Å². The van der Waals surface area contributed by atoms with E-state index in [0.717, 1.165) is 0 Å². The molecule has 0 saturated carbocycles. The Labute approximate surface area is 88.4 Å². The fourth-order valence-corrected chi connectivity index (χ4v) is 1.44. The number of aromatic nitrogens is 2. The largest absolute Gasteiger partial charge is 0.396 e. The number of hydrogen-bond donors (Lipinski definition) is 3. The molecule has 0 saturated heterocycles. The number of alkyl halides is 3. The number of rotatable bonds is 1. The lowest BCUT2D eigenvalue weighted by atomic mass is 10.4. The van der Waals surface area contributed by atoms with Gasteiger partial charge in [0, 0.05) is 13.1 Å². The van der Waals surface area contributed by atoms with Gasteiger partial charge in [-0.25, -0.2) is 4.98 Å². The number of amides is 1. The van der Waals surface area contributed by atoms with Gasteiger partial charge in [0.15, 0.2) is 5.69 Å². The highest BCUT2D eigenvalue weighted by Gasteiger charge is 2.31. The number of fused-ring (bicyclic) bond motifs is 1. The average Bonchev–Trinajstić information content (AvgIpc) is 2.45. The summed E-state index contributed by atoms with van der Waals surface area (Å²) >= 11 is 0. The van der Waals surface area contributed by atoms with E-state index >= 15 is 0 Å².